The van der Waals surface area contributed by atoms with E-state index in [1.807, 2.05) is 0 Å². The molecule has 0 amide bonds. The normalized spacial score (nSPS) is 15.4. The molecule has 0 spiro atoms. The minimum Gasteiger partial charge on any atom is -0.494 e. The van der Waals surface area contributed by atoms with Crippen LogP contribution >= 0.6 is 14.3 Å². The van der Waals surface area contributed by atoms with Crippen molar-refractivity contribution < 1.29 is 124 Å². The maximum Gasteiger partial charge on any atom is 0.416 e. The molecule has 0 unspecified atom stereocenters. The van der Waals surface area contributed by atoms with E-state index >= 15 is 9.13 Å². The van der Waals surface area contributed by atoms with E-state index in [0.29, 0.717) is 74.9 Å². The van der Waals surface area contributed by atoms with E-state index in [2.05, 4.69) is 0 Å². The molecule has 84 heavy (non-hydrogen) atoms. The molecular weight excluding hydrogens is 1230 g/mol. The fraction of sp³-hybridized carbons (Fsp3) is 0.333. The van der Waals surface area contributed by atoms with Crippen molar-refractivity contribution in [2.45, 2.75) is 101 Å². The SMILES string of the molecule is O=P(c1cc(C(F)(F)F)cc(C(F)(F)F)c1)(c1cc(C(F)(F)F)cc(C(F)(F)F)c1)c1ccc2cc1-c1cc(ccc1P(=O)(c1cc(C(F)(F)F)cc(C(F)(F)F)c1)c1cc(C(F)(F)F)cc(C(F)(F)F)c1)OCCCCCCCCCCO2. The maximum atomic E-state index is 16.7. The Balaban J connectivity index is 1.79. The van der Waals surface area contributed by atoms with Crippen LogP contribution in [0.15, 0.2) is 109 Å². The quantitative estimate of drug-likeness (QED) is 0.123. The molecule has 7 rings (SSSR count). The van der Waals surface area contributed by atoms with E-state index in [0.717, 1.165) is 0 Å². The predicted octanol–water partition coefficient (Wildman–Crippen LogP) is 17.7. The molecule has 0 radical (unpaired) electrons. The molecule has 0 saturated heterocycles. The van der Waals surface area contributed by atoms with Crippen molar-refractivity contribution >= 4 is 46.1 Å². The molecule has 30 heteroatoms. The van der Waals surface area contributed by atoms with Gasteiger partial charge < -0.3 is 18.6 Å². The Labute approximate surface area is 459 Å². The zero-order valence-electron chi connectivity index (χ0n) is 42.1. The number of fused-ring (bicyclic) bond motifs is 5. The van der Waals surface area contributed by atoms with E-state index in [1.54, 1.807) is 0 Å². The molecule has 0 saturated carbocycles. The number of hydrogen-bond acceptors (Lipinski definition) is 4. The molecule has 0 aromatic heterocycles. The molecule has 0 atom stereocenters. The predicted molar refractivity (Wildman–Crippen MR) is 259 cm³/mol. The zero-order valence-corrected chi connectivity index (χ0v) is 43.9. The molecule has 6 aromatic rings. The zero-order chi connectivity index (χ0) is 62.6. The Morgan fingerprint density at radius 3 is 0.643 bits per heavy atom. The number of halogens is 24. The summed E-state index contributed by atoms with van der Waals surface area (Å²) in [6, 6.07) is -2.10. The molecule has 0 aliphatic carbocycles. The first-order valence-electron chi connectivity index (χ1n) is 24.4. The van der Waals surface area contributed by atoms with Crippen LogP contribution in [0.3, 0.4) is 0 Å². The summed E-state index contributed by atoms with van der Waals surface area (Å²) in [5.41, 5.74) is -21.8. The Bertz CT molecular complexity index is 2980. The Morgan fingerprint density at radius 1 is 0.262 bits per heavy atom. The molecule has 1 aliphatic rings. The minimum absolute atomic E-state index is 0.141. The second-order valence-corrected chi connectivity index (χ2v) is 24.6. The van der Waals surface area contributed by atoms with Crippen molar-refractivity contribution in [3.05, 3.63) is 154 Å². The van der Waals surface area contributed by atoms with Gasteiger partial charge in [-0.25, -0.2) is 0 Å². The largest absolute Gasteiger partial charge is 0.494 e. The molecular formula is C54H38F24O4P2. The first-order valence-corrected chi connectivity index (χ1v) is 27.8. The van der Waals surface area contributed by atoms with Crippen molar-refractivity contribution in [2.75, 3.05) is 13.2 Å². The molecule has 1 heterocycles. The molecule has 0 fully saturated rings. The Morgan fingerprint density at radius 2 is 0.452 bits per heavy atom. The number of rotatable bonds is 6. The molecule has 1 aliphatic heterocycles. The molecule has 4 bridgehead atoms. The lowest BCUT2D eigenvalue weighted by molar-refractivity contribution is -0.144. The minimum atomic E-state index is -6.58. The summed E-state index contributed by atoms with van der Waals surface area (Å²) in [6.45, 7) is -0.740. The smallest absolute Gasteiger partial charge is 0.416 e. The first-order chi connectivity index (χ1) is 38.4. The van der Waals surface area contributed by atoms with Gasteiger partial charge in [-0.1, -0.05) is 38.5 Å². The Kier molecular flexibility index (Phi) is 18.0. The van der Waals surface area contributed by atoms with Gasteiger partial charge in [-0.15, -0.1) is 0 Å². The van der Waals surface area contributed by atoms with Gasteiger partial charge in [-0.3, -0.25) is 0 Å². The summed E-state index contributed by atoms with van der Waals surface area (Å²) in [5, 5.41) is -10.6. The highest BCUT2D eigenvalue weighted by Crippen LogP contribution is 2.54. The summed E-state index contributed by atoms with van der Waals surface area (Å²) in [7, 11) is -13.2. The van der Waals surface area contributed by atoms with Gasteiger partial charge in [0, 0.05) is 31.8 Å². The van der Waals surface area contributed by atoms with Gasteiger partial charge in [0.25, 0.3) is 0 Å². The molecule has 456 valence electrons. The fourth-order valence-corrected chi connectivity index (χ4v) is 15.1. The van der Waals surface area contributed by atoms with Gasteiger partial charge in [0.2, 0.25) is 0 Å². The van der Waals surface area contributed by atoms with E-state index in [1.165, 1.54) is 0 Å². The Hall–Kier alpha value is -6.30. The van der Waals surface area contributed by atoms with Gasteiger partial charge in [-0.05, 0) is 133 Å². The van der Waals surface area contributed by atoms with Crippen LogP contribution in [0.25, 0.3) is 11.1 Å². The van der Waals surface area contributed by atoms with Crippen LogP contribution in [0.1, 0.15) is 95.9 Å². The number of benzene rings is 6. The summed E-state index contributed by atoms with van der Waals surface area (Å²) < 4.78 is 399. The summed E-state index contributed by atoms with van der Waals surface area (Å²) in [4.78, 5) is 0. The average molecular weight is 1270 g/mol. The van der Waals surface area contributed by atoms with Crippen LogP contribution in [0, 0.1) is 0 Å². The number of ether oxygens (including phenoxy) is 2. The van der Waals surface area contributed by atoms with Crippen LogP contribution in [0.5, 0.6) is 11.5 Å². The van der Waals surface area contributed by atoms with Gasteiger partial charge in [-0.2, -0.15) is 105 Å². The van der Waals surface area contributed by atoms with E-state index in [9.17, 15) is 105 Å². The van der Waals surface area contributed by atoms with E-state index in [4.69, 9.17) is 9.47 Å². The van der Waals surface area contributed by atoms with Crippen molar-refractivity contribution in [1.29, 1.82) is 0 Å². The standard InChI is InChI=1S/C54H38F24O4P2/c55-47(56,57)29-15-30(48(58,59)60)20-39(19-29)83(79,40-21-31(49(61,62)63)16-32(22-40)50(64,65)66)45-11-9-37-27-43(45)44-28-38(82-14-8-6-4-2-1-3-5-7-13-81-37)10-12-46(44)84(80,41-23-33(51(67,68)69)17-34(24-41)52(70,71)72)42-25-35(53(73,74)75)18-36(26-42)54(76,77)78/h9-12,15-28H,1-8,13-14H2. The molecule has 0 N–H and O–H groups in total. The second-order valence-electron chi connectivity index (χ2n) is 19.2. The van der Waals surface area contributed by atoms with Crippen LogP contribution in [0.4, 0.5) is 105 Å². The van der Waals surface area contributed by atoms with E-state index < -0.39 is 187 Å². The third-order valence-corrected chi connectivity index (χ3v) is 19.3. The highest BCUT2D eigenvalue weighted by atomic mass is 31.2. The molecule has 4 nitrogen and oxygen atoms in total. The third-order valence-electron chi connectivity index (χ3n) is 13.2. The highest BCUT2D eigenvalue weighted by molar-refractivity contribution is 7.86. The van der Waals surface area contributed by atoms with Crippen molar-refractivity contribution in [3.63, 3.8) is 0 Å². The number of hydrogen-bond donors (Lipinski definition) is 0. The van der Waals surface area contributed by atoms with E-state index in [-0.39, 0.29) is 74.6 Å². The van der Waals surface area contributed by atoms with Gasteiger partial charge in [0.05, 0.1) is 57.7 Å². The lowest BCUT2D eigenvalue weighted by Gasteiger charge is -2.29. The van der Waals surface area contributed by atoms with Crippen LogP contribution in [0.2, 0.25) is 0 Å². The van der Waals surface area contributed by atoms with Gasteiger partial charge in [0.1, 0.15) is 11.5 Å². The maximum absolute atomic E-state index is 16.7. The van der Waals surface area contributed by atoms with Crippen LogP contribution < -0.4 is 41.3 Å². The van der Waals surface area contributed by atoms with Gasteiger partial charge in [0.15, 0.2) is 14.3 Å². The van der Waals surface area contributed by atoms with Crippen molar-refractivity contribution in [1.82, 2.24) is 0 Å². The number of alkyl halides is 24. The summed E-state index contributed by atoms with van der Waals surface area (Å²) in [6.07, 6.45) is -44.0. The topological polar surface area (TPSA) is 52.6 Å². The van der Waals surface area contributed by atoms with Crippen molar-refractivity contribution in [2.24, 2.45) is 0 Å². The fourth-order valence-electron chi connectivity index (χ4n) is 9.17. The second kappa shape index (κ2) is 23.2. The summed E-state index contributed by atoms with van der Waals surface area (Å²) in [5.74, 6) is -1.24. The average Bonchev–Trinajstić information content (AvgIpc) is 0.819. The third kappa shape index (κ3) is 14.5. The summed E-state index contributed by atoms with van der Waals surface area (Å²) >= 11 is 0. The lowest BCUT2D eigenvalue weighted by atomic mass is 10.0. The monoisotopic (exact) mass is 1270 g/mol. The van der Waals surface area contributed by atoms with Gasteiger partial charge >= 0.3 is 49.4 Å². The van der Waals surface area contributed by atoms with Crippen molar-refractivity contribution in [3.8, 4) is 22.6 Å². The first kappa shape index (κ1) is 65.2. The van der Waals surface area contributed by atoms with Crippen LogP contribution in [-0.2, 0) is 58.5 Å². The lowest BCUT2D eigenvalue weighted by Crippen LogP contribution is -2.32. The van der Waals surface area contributed by atoms with Crippen LogP contribution in [-0.4, -0.2) is 13.2 Å². The highest BCUT2D eigenvalue weighted by Gasteiger charge is 2.48. The molecule has 6 aromatic carbocycles.